The van der Waals surface area contributed by atoms with E-state index in [1.807, 2.05) is 12.1 Å². The summed E-state index contributed by atoms with van der Waals surface area (Å²) in [6.07, 6.45) is 3.14. The largest absolute Gasteiger partial charge is 0.353 e. The number of aromatic nitrogens is 1. The number of halogens is 1. The quantitative estimate of drug-likeness (QED) is 0.425. The second kappa shape index (κ2) is 6.60. The Balaban J connectivity index is 1.93. The van der Waals surface area contributed by atoms with Crippen molar-refractivity contribution in [1.29, 1.82) is 0 Å². The van der Waals surface area contributed by atoms with Crippen molar-refractivity contribution in [3.05, 3.63) is 58.4 Å². The Labute approximate surface area is 150 Å². The summed E-state index contributed by atoms with van der Waals surface area (Å²) in [7, 11) is 0. The fourth-order valence-corrected chi connectivity index (χ4v) is 4.52. The maximum Gasteiger partial charge on any atom is 0.0651 e. The molecule has 0 aliphatic carbocycles. The number of fused-ring (bicyclic) bond motifs is 2. The smallest absolute Gasteiger partial charge is 0.0651 e. The van der Waals surface area contributed by atoms with Crippen LogP contribution < -0.4 is 5.73 Å². The third-order valence-electron chi connectivity index (χ3n) is 4.52. The third-order valence-corrected chi connectivity index (χ3v) is 5.80. The van der Waals surface area contributed by atoms with E-state index >= 15 is 0 Å². The number of aryl methyl sites for hydroxylation is 1. The van der Waals surface area contributed by atoms with Gasteiger partial charge in [-0.05, 0) is 43.5 Å². The first-order chi connectivity index (χ1) is 11.8. The van der Waals surface area contributed by atoms with E-state index in [1.165, 1.54) is 32.3 Å². The lowest BCUT2D eigenvalue weighted by Crippen LogP contribution is -1.99. The number of nitrogens with two attached hydrogens (primary N) is 1. The molecule has 0 saturated carbocycles. The van der Waals surface area contributed by atoms with Crippen molar-refractivity contribution < 1.29 is 0 Å². The SMILES string of the molecule is NCCCCc1c(-c2csc3ccccc23)[nH]c2c(Cl)cccc12. The number of hydrogen-bond donors (Lipinski definition) is 2. The highest BCUT2D eigenvalue weighted by Crippen LogP contribution is 2.39. The van der Waals surface area contributed by atoms with Crippen LogP contribution in [0.15, 0.2) is 47.8 Å². The van der Waals surface area contributed by atoms with Crippen molar-refractivity contribution in [2.75, 3.05) is 6.54 Å². The maximum absolute atomic E-state index is 6.43. The molecule has 2 aromatic carbocycles. The van der Waals surface area contributed by atoms with Crippen molar-refractivity contribution in [2.24, 2.45) is 5.73 Å². The molecule has 0 bridgehead atoms. The average molecular weight is 355 g/mol. The van der Waals surface area contributed by atoms with Gasteiger partial charge in [-0.3, -0.25) is 0 Å². The average Bonchev–Trinajstić information content (AvgIpc) is 3.18. The van der Waals surface area contributed by atoms with Gasteiger partial charge in [0.25, 0.3) is 0 Å². The zero-order chi connectivity index (χ0) is 16.5. The summed E-state index contributed by atoms with van der Waals surface area (Å²) in [4.78, 5) is 3.60. The Morgan fingerprint density at radius 3 is 2.71 bits per heavy atom. The number of nitrogens with one attached hydrogen (secondary N) is 1. The van der Waals surface area contributed by atoms with E-state index in [2.05, 4.69) is 40.7 Å². The second-order valence-corrected chi connectivity index (χ2v) is 7.35. The van der Waals surface area contributed by atoms with E-state index in [9.17, 15) is 0 Å². The second-order valence-electron chi connectivity index (χ2n) is 6.03. The van der Waals surface area contributed by atoms with Crippen LogP contribution in [0.2, 0.25) is 5.02 Å². The minimum atomic E-state index is 0.736. The molecule has 0 spiro atoms. The maximum atomic E-state index is 6.43. The Kier molecular flexibility index (Phi) is 4.31. The summed E-state index contributed by atoms with van der Waals surface area (Å²) in [5.74, 6) is 0. The molecule has 4 heteroatoms. The Bertz CT molecular complexity index is 999. The molecule has 0 fully saturated rings. The van der Waals surface area contributed by atoms with Crippen molar-refractivity contribution in [3.8, 4) is 11.3 Å². The Morgan fingerprint density at radius 2 is 1.83 bits per heavy atom. The molecule has 0 atom stereocenters. The van der Waals surface area contributed by atoms with Gasteiger partial charge in [-0.2, -0.15) is 0 Å². The minimum Gasteiger partial charge on any atom is -0.353 e. The van der Waals surface area contributed by atoms with Crippen LogP contribution in [0.5, 0.6) is 0 Å². The first-order valence-corrected chi connectivity index (χ1v) is 9.51. The third kappa shape index (κ3) is 2.63. The monoisotopic (exact) mass is 354 g/mol. The number of aromatic amines is 1. The Hall–Kier alpha value is -1.81. The topological polar surface area (TPSA) is 41.8 Å². The lowest BCUT2D eigenvalue weighted by atomic mass is 10.00. The molecule has 2 heterocycles. The highest BCUT2D eigenvalue weighted by atomic mass is 35.5. The molecule has 0 unspecified atom stereocenters. The van der Waals surface area contributed by atoms with Gasteiger partial charge >= 0.3 is 0 Å². The molecule has 0 aliphatic heterocycles. The molecule has 3 N–H and O–H groups in total. The number of benzene rings is 2. The van der Waals surface area contributed by atoms with E-state index in [1.54, 1.807) is 11.3 Å². The van der Waals surface area contributed by atoms with Crippen molar-refractivity contribution in [2.45, 2.75) is 19.3 Å². The lowest BCUT2D eigenvalue weighted by molar-refractivity contribution is 0.748. The van der Waals surface area contributed by atoms with Gasteiger partial charge in [-0.25, -0.2) is 0 Å². The molecule has 2 aromatic heterocycles. The van der Waals surface area contributed by atoms with Gasteiger partial charge in [0.05, 0.1) is 16.2 Å². The zero-order valence-electron chi connectivity index (χ0n) is 13.3. The van der Waals surface area contributed by atoms with Gasteiger partial charge < -0.3 is 10.7 Å². The summed E-state index contributed by atoms with van der Waals surface area (Å²) in [6.45, 7) is 0.736. The van der Waals surface area contributed by atoms with Crippen LogP contribution in [-0.4, -0.2) is 11.5 Å². The molecular weight excluding hydrogens is 336 g/mol. The van der Waals surface area contributed by atoms with Gasteiger partial charge in [0, 0.05) is 26.4 Å². The predicted molar refractivity (Wildman–Crippen MR) is 106 cm³/mol. The summed E-state index contributed by atoms with van der Waals surface area (Å²) in [6, 6.07) is 14.7. The number of thiophene rings is 1. The van der Waals surface area contributed by atoms with Gasteiger partial charge in [-0.15, -0.1) is 11.3 Å². The minimum absolute atomic E-state index is 0.736. The van der Waals surface area contributed by atoms with Crippen LogP contribution in [0, 0.1) is 0 Å². The summed E-state index contributed by atoms with van der Waals surface area (Å²) in [5, 5.41) is 5.55. The summed E-state index contributed by atoms with van der Waals surface area (Å²) in [5.41, 5.74) is 10.5. The number of hydrogen-bond acceptors (Lipinski definition) is 2. The number of para-hydroxylation sites is 1. The van der Waals surface area contributed by atoms with E-state index < -0.39 is 0 Å². The molecule has 0 saturated heterocycles. The standard InChI is InChI=1S/C20H19ClN2S/c21-17-9-5-8-15-14(7-3-4-11-22)19(23-20(15)17)16-12-24-18-10-2-1-6-13(16)18/h1-2,5-6,8-10,12,23H,3-4,7,11,22H2. The molecular formula is C20H19ClN2S. The molecule has 4 aromatic rings. The van der Waals surface area contributed by atoms with E-state index in [0.29, 0.717) is 0 Å². The van der Waals surface area contributed by atoms with E-state index in [4.69, 9.17) is 17.3 Å². The first-order valence-electron chi connectivity index (χ1n) is 8.25. The fourth-order valence-electron chi connectivity index (χ4n) is 3.34. The van der Waals surface area contributed by atoms with E-state index in [0.717, 1.165) is 36.3 Å². The van der Waals surface area contributed by atoms with Crippen LogP contribution in [-0.2, 0) is 6.42 Å². The molecule has 0 amide bonds. The highest BCUT2D eigenvalue weighted by molar-refractivity contribution is 7.17. The van der Waals surface area contributed by atoms with Crippen LogP contribution in [0.1, 0.15) is 18.4 Å². The van der Waals surface area contributed by atoms with Crippen LogP contribution in [0.25, 0.3) is 32.2 Å². The zero-order valence-corrected chi connectivity index (χ0v) is 14.9. The molecule has 122 valence electrons. The van der Waals surface area contributed by atoms with Crippen molar-refractivity contribution >= 4 is 43.9 Å². The van der Waals surface area contributed by atoms with E-state index in [-0.39, 0.29) is 0 Å². The number of rotatable bonds is 5. The van der Waals surface area contributed by atoms with Crippen molar-refractivity contribution in [1.82, 2.24) is 4.98 Å². The molecule has 4 rings (SSSR count). The van der Waals surface area contributed by atoms with Gasteiger partial charge in [0.1, 0.15) is 0 Å². The Morgan fingerprint density at radius 1 is 1.00 bits per heavy atom. The fraction of sp³-hybridized carbons (Fsp3) is 0.200. The number of unbranched alkanes of at least 4 members (excludes halogenated alkanes) is 1. The first kappa shape index (κ1) is 15.7. The highest BCUT2D eigenvalue weighted by Gasteiger charge is 2.17. The van der Waals surface area contributed by atoms with Crippen molar-refractivity contribution in [3.63, 3.8) is 0 Å². The summed E-state index contributed by atoms with van der Waals surface area (Å²) >= 11 is 8.22. The summed E-state index contributed by atoms with van der Waals surface area (Å²) < 4.78 is 1.31. The van der Waals surface area contributed by atoms with Crippen LogP contribution in [0.3, 0.4) is 0 Å². The van der Waals surface area contributed by atoms with Gasteiger partial charge in [0.15, 0.2) is 0 Å². The molecule has 0 aliphatic rings. The molecule has 24 heavy (non-hydrogen) atoms. The van der Waals surface area contributed by atoms with Crippen LogP contribution >= 0.6 is 22.9 Å². The predicted octanol–water partition coefficient (Wildman–Crippen LogP) is 5.98. The lowest BCUT2D eigenvalue weighted by Gasteiger charge is -2.04. The number of H-pyrrole nitrogens is 1. The normalized spacial score (nSPS) is 11.6. The van der Waals surface area contributed by atoms with Gasteiger partial charge in [0.2, 0.25) is 0 Å². The van der Waals surface area contributed by atoms with Gasteiger partial charge in [-0.1, -0.05) is 41.9 Å². The molecule has 0 radical (unpaired) electrons. The van der Waals surface area contributed by atoms with Crippen LogP contribution in [0.4, 0.5) is 0 Å². The molecule has 2 nitrogen and oxygen atoms in total.